The molecule has 0 atom stereocenters. The van der Waals surface area contributed by atoms with Crippen molar-refractivity contribution in [3.05, 3.63) is 41.9 Å². The highest BCUT2D eigenvalue weighted by atomic mass is 19.1. The third-order valence-corrected chi connectivity index (χ3v) is 4.69. The van der Waals surface area contributed by atoms with Crippen molar-refractivity contribution in [2.75, 3.05) is 26.2 Å². The fourth-order valence-electron chi connectivity index (χ4n) is 3.25. The zero-order valence-electron chi connectivity index (χ0n) is 16.0. The van der Waals surface area contributed by atoms with E-state index in [4.69, 9.17) is 19.8 Å². The van der Waals surface area contributed by atoms with Gasteiger partial charge in [-0.25, -0.2) is 14.0 Å². The molecule has 29 heavy (non-hydrogen) atoms. The maximum Gasteiger partial charge on any atom is 0.328 e. The van der Waals surface area contributed by atoms with Gasteiger partial charge in [-0.3, -0.25) is 0 Å². The summed E-state index contributed by atoms with van der Waals surface area (Å²) in [6.45, 7) is 3.42. The molecule has 0 bridgehead atoms. The van der Waals surface area contributed by atoms with Gasteiger partial charge >= 0.3 is 11.9 Å². The second-order valence-corrected chi connectivity index (χ2v) is 6.76. The number of unbranched alkanes of at least 4 members (excludes halogenated alkanes) is 1. The number of aromatic nitrogens is 1. The van der Waals surface area contributed by atoms with Crippen molar-refractivity contribution in [2.24, 2.45) is 0 Å². The third kappa shape index (κ3) is 7.28. The standard InChI is InChI=1S/C16H21FN2O2.C4H4O4/c17-13-3-4-14-15(11-13)21-18-16(14)12-5-8-19(9-6-12)7-1-2-10-20;5-3(6)1-2-4(7)8/h3-4,11-12,20H,1-2,5-10H2;1-2H,(H,5,6)(H,7,8). The van der Waals surface area contributed by atoms with E-state index in [1.54, 1.807) is 6.07 Å². The van der Waals surface area contributed by atoms with E-state index in [0.717, 1.165) is 56.4 Å². The van der Waals surface area contributed by atoms with Gasteiger partial charge in [0.2, 0.25) is 0 Å². The molecule has 2 heterocycles. The maximum absolute atomic E-state index is 13.2. The third-order valence-electron chi connectivity index (χ3n) is 4.69. The number of likely N-dealkylation sites (tertiary alicyclic amines) is 1. The normalized spacial score (nSPS) is 15.4. The Balaban J connectivity index is 0.000000321. The van der Waals surface area contributed by atoms with Crippen molar-refractivity contribution in [3.8, 4) is 0 Å². The zero-order valence-corrected chi connectivity index (χ0v) is 16.0. The van der Waals surface area contributed by atoms with Crippen molar-refractivity contribution in [2.45, 2.75) is 31.6 Å². The van der Waals surface area contributed by atoms with Gasteiger partial charge in [-0.2, -0.15) is 0 Å². The molecule has 1 aliphatic heterocycles. The van der Waals surface area contributed by atoms with Gasteiger partial charge in [0, 0.05) is 36.1 Å². The molecule has 1 fully saturated rings. The Hall–Kier alpha value is -2.78. The summed E-state index contributed by atoms with van der Waals surface area (Å²) in [5.41, 5.74) is 1.51. The molecule has 1 aromatic carbocycles. The van der Waals surface area contributed by atoms with Crippen LogP contribution in [0.5, 0.6) is 0 Å². The number of nitrogens with zero attached hydrogens (tertiary/aromatic N) is 2. The molecule has 0 spiro atoms. The van der Waals surface area contributed by atoms with Crippen LogP contribution in [0.3, 0.4) is 0 Å². The maximum atomic E-state index is 13.2. The van der Waals surface area contributed by atoms with Crippen LogP contribution >= 0.6 is 0 Å². The molecule has 1 saturated heterocycles. The van der Waals surface area contributed by atoms with E-state index in [-0.39, 0.29) is 12.4 Å². The Bertz CT molecular complexity index is 827. The van der Waals surface area contributed by atoms with Crippen LogP contribution in [0.4, 0.5) is 4.39 Å². The van der Waals surface area contributed by atoms with E-state index in [1.165, 1.54) is 12.1 Å². The largest absolute Gasteiger partial charge is 0.478 e. The molecule has 1 aliphatic rings. The minimum atomic E-state index is -1.26. The number of piperidine rings is 1. The fourth-order valence-corrected chi connectivity index (χ4v) is 3.25. The van der Waals surface area contributed by atoms with Crippen molar-refractivity contribution in [1.29, 1.82) is 0 Å². The highest BCUT2D eigenvalue weighted by molar-refractivity contribution is 5.89. The fraction of sp³-hybridized carbons (Fsp3) is 0.450. The Kier molecular flexibility index (Phi) is 8.75. The minimum absolute atomic E-state index is 0.276. The van der Waals surface area contributed by atoms with Gasteiger partial charge in [-0.1, -0.05) is 5.16 Å². The molecule has 0 saturated carbocycles. The molecule has 9 heteroatoms. The van der Waals surface area contributed by atoms with Gasteiger partial charge in [0.15, 0.2) is 5.58 Å². The van der Waals surface area contributed by atoms with Crippen molar-refractivity contribution in [1.82, 2.24) is 10.1 Å². The summed E-state index contributed by atoms with van der Waals surface area (Å²) in [7, 11) is 0. The van der Waals surface area contributed by atoms with Gasteiger partial charge < -0.3 is 24.7 Å². The van der Waals surface area contributed by atoms with Crippen LogP contribution in [0.2, 0.25) is 0 Å². The lowest BCUT2D eigenvalue weighted by atomic mass is 9.91. The smallest absolute Gasteiger partial charge is 0.328 e. The summed E-state index contributed by atoms with van der Waals surface area (Å²) in [5, 5.41) is 29.6. The van der Waals surface area contributed by atoms with Gasteiger partial charge in [-0.05, 0) is 57.5 Å². The summed E-state index contributed by atoms with van der Waals surface area (Å²) in [6, 6.07) is 4.63. The number of carbonyl (C=O) groups is 2. The quantitative estimate of drug-likeness (QED) is 0.472. The zero-order chi connectivity index (χ0) is 21.2. The summed E-state index contributed by atoms with van der Waals surface area (Å²) in [4.78, 5) is 21.5. The van der Waals surface area contributed by atoms with Gasteiger partial charge in [0.05, 0.1) is 5.69 Å². The van der Waals surface area contributed by atoms with E-state index in [9.17, 15) is 14.0 Å². The second kappa shape index (κ2) is 11.3. The second-order valence-electron chi connectivity index (χ2n) is 6.76. The summed E-state index contributed by atoms with van der Waals surface area (Å²) in [5.74, 6) is -2.41. The van der Waals surface area contributed by atoms with Crippen molar-refractivity contribution < 1.29 is 33.8 Å². The van der Waals surface area contributed by atoms with Crippen LogP contribution < -0.4 is 0 Å². The predicted octanol–water partition coefficient (Wildman–Crippen LogP) is 2.63. The molecule has 2 aromatic rings. The Morgan fingerprint density at radius 1 is 1.17 bits per heavy atom. The first-order valence-corrected chi connectivity index (χ1v) is 9.42. The lowest BCUT2D eigenvalue weighted by Crippen LogP contribution is -2.33. The molecule has 3 N–H and O–H groups in total. The Morgan fingerprint density at radius 2 is 1.83 bits per heavy atom. The number of benzene rings is 1. The first-order valence-electron chi connectivity index (χ1n) is 9.42. The van der Waals surface area contributed by atoms with Gasteiger partial charge in [-0.15, -0.1) is 0 Å². The number of rotatable bonds is 7. The molecular formula is C20H25FN2O6. The monoisotopic (exact) mass is 408 g/mol. The number of fused-ring (bicyclic) bond motifs is 1. The number of hydrogen-bond donors (Lipinski definition) is 3. The molecular weight excluding hydrogens is 383 g/mol. The molecule has 0 amide bonds. The summed E-state index contributed by atoms with van der Waals surface area (Å²) < 4.78 is 18.4. The van der Waals surface area contributed by atoms with E-state index >= 15 is 0 Å². The van der Waals surface area contributed by atoms with E-state index in [0.29, 0.717) is 23.7 Å². The van der Waals surface area contributed by atoms with Crippen LogP contribution in [0.15, 0.2) is 34.9 Å². The Morgan fingerprint density at radius 3 is 2.41 bits per heavy atom. The van der Waals surface area contributed by atoms with Gasteiger partial charge in [0.25, 0.3) is 0 Å². The molecule has 0 aliphatic carbocycles. The SMILES string of the molecule is O=C(O)C=CC(=O)O.OCCCCN1CCC(c2noc3cc(F)ccc23)CC1. The average Bonchev–Trinajstić information content (AvgIpc) is 3.10. The summed E-state index contributed by atoms with van der Waals surface area (Å²) >= 11 is 0. The van der Waals surface area contributed by atoms with Crippen molar-refractivity contribution >= 4 is 22.9 Å². The molecule has 3 rings (SSSR count). The van der Waals surface area contributed by atoms with E-state index < -0.39 is 11.9 Å². The lowest BCUT2D eigenvalue weighted by molar-refractivity contribution is -0.134. The topological polar surface area (TPSA) is 124 Å². The molecule has 158 valence electrons. The number of carboxylic acid groups (broad SMARTS) is 2. The molecule has 8 nitrogen and oxygen atoms in total. The first-order chi connectivity index (χ1) is 13.9. The van der Waals surface area contributed by atoms with Crippen LogP contribution in [-0.2, 0) is 9.59 Å². The number of aliphatic hydroxyl groups is 1. The molecule has 0 unspecified atom stereocenters. The number of aliphatic hydroxyl groups excluding tert-OH is 1. The molecule has 1 aromatic heterocycles. The number of hydrogen-bond acceptors (Lipinski definition) is 6. The highest BCUT2D eigenvalue weighted by Crippen LogP contribution is 2.32. The van der Waals surface area contributed by atoms with Crippen molar-refractivity contribution in [3.63, 3.8) is 0 Å². The number of halogens is 1. The van der Waals surface area contributed by atoms with Crippen LogP contribution in [0, 0.1) is 5.82 Å². The number of carboxylic acids is 2. The summed E-state index contributed by atoms with van der Waals surface area (Å²) in [6.07, 6.45) is 5.15. The predicted molar refractivity (Wildman–Crippen MR) is 103 cm³/mol. The highest BCUT2D eigenvalue weighted by Gasteiger charge is 2.24. The van der Waals surface area contributed by atoms with Crippen LogP contribution in [0.1, 0.15) is 37.3 Å². The Labute approximate surface area is 167 Å². The lowest BCUT2D eigenvalue weighted by Gasteiger charge is -2.31. The first kappa shape index (κ1) is 22.5. The van der Waals surface area contributed by atoms with E-state index in [1.807, 2.05) is 0 Å². The van der Waals surface area contributed by atoms with Crippen LogP contribution in [0.25, 0.3) is 11.0 Å². The molecule has 0 radical (unpaired) electrons. The van der Waals surface area contributed by atoms with Crippen LogP contribution in [-0.4, -0.2) is 63.6 Å². The van der Waals surface area contributed by atoms with E-state index in [2.05, 4.69) is 10.1 Å². The number of aliphatic carboxylic acids is 2. The minimum Gasteiger partial charge on any atom is -0.478 e. The van der Waals surface area contributed by atoms with Gasteiger partial charge in [0.1, 0.15) is 5.82 Å². The average molecular weight is 408 g/mol.